The van der Waals surface area contributed by atoms with Gasteiger partial charge in [-0.3, -0.25) is 4.79 Å². The number of carbonyl (C=O) groups is 1. The van der Waals surface area contributed by atoms with E-state index in [0.29, 0.717) is 12.8 Å². The molecule has 0 rings (SSSR count). The van der Waals surface area contributed by atoms with E-state index in [1.807, 2.05) is 0 Å². The van der Waals surface area contributed by atoms with Crippen LogP contribution in [0.15, 0.2) is 48.6 Å². The fourth-order valence-electron chi connectivity index (χ4n) is 10.2. The van der Waals surface area contributed by atoms with Crippen molar-refractivity contribution in [1.82, 2.24) is 5.32 Å². The minimum atomic E-state index is -1.17. The molecule has 0 aliphatic rings. The van der Waals surface area contributed by atoms with Gasteiger partial charge in [0.1, 0.15) is 6.10 Å². The van der Waals surface area contributed by atoms with Gasteiger partial charge in [-0.1, -0.05) is 306 Å². The summed E-state index contributed by atoms with van der Waals surface area (Å²) in [4.78, 5) is 12.5. The van der Waals surface area contributed by atoms with Gasteiger partial charge >= 0.3 is 0 Å². The lowest BCUT2D eigenvalue weighted by molar-refractivity contribution is -0.124. The van der Waals surface area contributed by atoms with E-state index >= 15 is 0 Å². The Morgan fingerprint density at radius 3 is 0.931 bits per heavy atom. The Balaban J connectivity index is 3.50. The first kappa shape index (κ1) is 70.3. The predicted molar refractivity (Wildman–Crippen MR) is 319 cm³/mol. The van der Waals surface area contributed by atoms with Crippen molar-refractivity contribution in [2.75, 3.05) is 6.61 Å². The Bertz CT molecular complexity index is 1160. The highest BCUT2D eigenvalue weighted by Gasteiger charge is 2.26. The molecule has 424 valence electrons. The molecule has 0 aliphatic heterocycles. The highest BCUT2D eigenvalue weighted by Crippen LogP contribution is 2.18. The molecule has 0 fully saturated rings. The second-order valence-electron chi connectivity index (χ2n) is 22.3. The molecule has 4 N–H and O–H groups in total. The van der Waals surface area contributed by atoms with Crippen LogP contribution in [0.25, 0.3) is 0 Å². The van der Waals surface area contributed by atoms with E-state index in [-0.39, 0.29) is 12.5 Å². The third-order valence-electron chi connectivity index (χ3n) is 15.1. The standard InChI is InChI=1S/C67H127NO4/c1-3-5-7-9-11-13-15-17-19-21-23-24-25-26-27-28-29-30-31-32-33-34-35-36-37-38-39-40-41-42-44-46-48-50-52-54-56-58-60-62-66(71)68-64(63-69)67(72)65(70)61-59-57-55-53-51-49-47-45-43-22-20-18-16-14-12-10-8-6-4-2/h29-30,32-33,45,47,53,55,64-65,67,69-70,72H,3-28,31,34-44,46,48-52,54,56-63H2,1-2H3,(H,68,71)/b30-29-,33-32-,47-45+,55-53+. The number of hydrogen-bond acceptors (Lipinski definition) is 4. The zero-order valence-electron chi connectivity index (χ0n) is 48.6. The van der Waals surface area contributed by atoms with Crippen LogP contribution in [0.1, 0.15) is 348 Å². The molecule has 0 saturated carbocycles. The van der Waals surface area contributed by atoms with E-state index in [9.17, 15) is 20.1 Å². The molecule has 0 aromatic rings. The number of nitrogens with one attached hydrogen (secondary N) is 1. The second kappa shape index (κ2) is 61.9. The van der Waals surface area contributed by atoms with Crippen molar-refractivity contribution < 1.29 is 20.1 Å². The summed E-state index contributed by atoms with van der Waals surface area (Å²) < 4.78 is 0. The number of amides is 1. The average molecular weight is 1010 g/mol. The topological polar surface area (TPSA) is 89.8 Å². The van der Waals surface area contributed by atoms with Gasteiger partial charge in [0.2, 0.25) is 5.91 Å². The summed E-state index contributed by atoms with van der Waals surface area (Å²) in [5, 5.41) is 33.8. The van der Waals surface area contributed by atoms with Crippen LogP contribution in [0.4, 0.5) is 0 Å². The predicted octanol–water partition coefficient (Wildman–Crippen LogP) is 20.7. The lowest BCUT2D eigenvalue weighted by Crippen LogP contribution is -2.50. The lowest BCUT2D eigenvalue weighted by atomic mass is 10.0. The number of aliphatic hydroxyl groups excluding tert-OH is 3. The van der Waals surface area contributed by atoms with Crippen LogP contribution in [-0.2, 0) is 4.79 Å². The zero-order valence-corrected chi connectivity index (χ0v) is 48.6. The minimum Gasteiger partial charge on any atom is -0.394 e. The van der Waals surface area contributed by atoms with Gasteiger partial charge in [0.05, 0.1) is 18.8 Å². The Morgan fingerprint density at radius 1 is 0.347 bits per heavy atom. The highest BCUT2D eigenvalue weighted by atomic mass is 16.3. The molecular weight excluding hydrogens is 883 g/mol. The van der Waals surface area contributed by atoms with Crippen molar-refractivity contribution in [3.63, 3.8) is 0 Å². The maximum absolute atomic E-state index is 12.5. The van der Waals surface area contributed by atoms with E-state index < -0.39 is 18.2 Å². The Hall–Kier alpha value is -1.69. The molecule has 5 heteroatoms. The monoisotopic (exact) mass is 1010 g/mol. The second-order valence-corrected chi connectivity index (χ2v) is 22.3. The van der Waals surface area contributed by atoms with E-state index in [4.69, 9.17) is 0 Å². The van der Waals surface area contributed by atoms with E-state index in [2.05, 4.69) is 67.8 Å². The largest absolute Gasteiger partial charge is 0.394 e. The first-order valence-electron chi connectivity index (χ1n) is 32.4. The van der Waals surface area contributed by atoms with Gasteiger partial charge in [0.25, 0.3) is 0 Å². The maximum Gasteiger partial charge on any atom is 0.220 e. The number of hydrogen-bond donors (Lipinski definition) is 4. The summed E-state index contributed by atoms with van der Waals surface area (Å²) in [5.74, 6) is -0.154. The number of allylic oxidation sites excluding steroid dienone is 8. The van der Waals surface area contributed by atoms with Crippen LogP contribution in [-0.4, -0.2) is 46.1 Å². The number of aliphatic hydroxyl groups is 3. The van der Waals surface area contributed by atoms with Gasteiger partial charge in [-0.15, -0.1) is 0 Å². The van der Waals surface area contributed by atoms with Crippen molar-refractivity contribution in [2.24, 2.45) is 0 Å². The highest BCUT2D eigenvalue weighted by molar-refractivity contribution is 5.76. The van der Waals surface area contributed by atoms with Crippen LogP contribution >= 0.6 is 0 Å². The average Bonchev–Trinajstić information content (AvgIpc) is 3.39. The number of rotatable bonds is 60. The van der Waals surface area contributed by atoms with Crippen molar-refractivity contribution in [3.8, 4) is 0 Å². The van der Waals surface area contributed by atoms with E-state index in [1.54, 1.807) is 0 Å². The van der Waals surface area contributed by atoms with Crippen LogP contribution in [0, 0.1) is 0 Å². The van der Waals surface area contributed by atoms with E-state index in [1.165, 1.54) is 270 Å². The fraction of sp³-hybridized carbons (Fsp3) is 0.866. The summed E-state index contributed by atoms with van der Waals surface area (Å²) in [6, 6.07) is -0.834. The SMILES string of the molecule is CCCCCCCCCCCC/C=C/CC/C=C/CCCC(O)C(O)C(CO)NC(=O)CCCCCCCCCCCCCCCCCCC/C=C\C/C=C\CCCCCCCCCCCCCCCCC. The van der Waals surface area contributed by atoms with Gasteiger partial charge < -0.3 is 20.6 Å². The van der Waals surface area contributed by atoms with Crippen molar-refractivity contribution >= 4 is 5.91 Å². The Labute approximate surface area is 450 Å². The Morgan fingerprint density at radius 2 is 0.611 bits per heavy atom. The first-order chi connectivity index (χ1) is 35.6. The molecule has 72 heavy (non-hydrogen) atoms. The fourth-order valence-corrected chi connectivity index (χ4v) is 10.2. The molecule has 5 nitrogen and oxygen atoms in total. The summed E-state index contributed by atoms with van der Waals surface area (Å²) >= 11 is 0. The molecule has 0 aromatic carbocycles. The zero-order chi connectivity index (χ0) is 52.2. The number of carbonyl (C=O) groups excluding carboxylic acids is 1. The molecule has 0 aromatic heterocycles. The molecule has 1 amide bonds. The first-order valence-corrected chi connectivity index (χ1v) is 32.4. The quantitative estimate of drug-likeness (QED) is 0.0361. The molecule has 0 spiro atoms. The third kappa shape index (κ3) is 56.0. The molecule has 0 saturated heterocycles. The summed E-state index contributed by atoms with van der Waals surface area (Å²) in [5.41, 5.74) is 0. The van der Waals surface area contributed by atoms with Crippen LogP contribution in [0.2, 0.25) is 0 Å². The van der Waals surface area contributed by atoms with Crippen LogP contribution < -0.4 is 5.32 Å². The molecule has 3 atom stereocenters. The summed E-state index contributed by atoms with van der Waals surface area (Å²) in [6.07, 6.45) is 83.1. The molecular formula is C67H127NO4. The molecule has 0 bridgehead atoms. The van der Waals surface area contributed by atoms with Crippen molar-refractivity contribution in [2.45, 2.75) is 366 Å². The molecule has 0 aliphatic carbocycles. The lowest BCUT2D eigenvalue weighted by Gasteiger charge is -2.26. The van der Waals surface area contributed by atoms with Gasteiger partial charge in [-0.2, -0.15) is 0 Å². The number of unbranched alkanes of at least 4 members (excludes halogenated alkanes) is 44. The molecule has 0 radical (unpaired) electrons. The normalized spacial score (nSPS) is 13.5. The Kier molecular flexibility index (Phi) is 60.4. The smallest absolute Gasteiger partial charge is 0.220 e. The molecule has 0 heterocycles. The maximum atomic E-state index is 12.5. The third-order valence-corrected chi connectivity index (χ3v) is 15.1. The van der Waals surface area contributed by atoms with Crippen molar-refractivity contribution in [3.05, 3.63) is 48.6 Å². The van der Waals surface area contributed by atoms with Crippen molar-refractivity contribution in [1.29, 1.82) is 0 Å². The summed E-state index contributed by atoms with van der Waals surface area (Å²) in [6.45, 7) is 4.20. The summed E-state index contributed by atoms with van der Waals surface area (Å²) in [7, 11) is 0. The van der Waals surface area contributed by atoms with Gasteiger partial charge in [-0.25, -0.2) is 0 Å². The van der Waals surface area contributed by atoms with Gasteiger partial charge in [0.15, 0.2) is 0 Å². The van der Waals surface area contributed by atoms with Gasteiger partial charge in [0, 0.05) is 6.42 Å². The van der Waals surface area contributed by atoms with Crippen LogP contribution in [0.5, 0.6) is 0 Å². The minimum absolute atomic E-state index is 0.154. The van der Waals surface area contributed by atoms with E-state index in [0.717, 1.165) is 51.4 Å². The van der Waals surface area contributed by atoms with Gasteiger partial charge in [-0.05, 0) is 83.5 Å². The van der Waals surface area contributed by atoms with Crippen LogP contribution in [0.3, 0.4) is 0 Å². The molecule has 3 unspecified atom stereocenters.